The normalized spacial score (nSPS) is 13.1. The molecule has 5 aromatic rings. The van der Waals surface area contributed by atoms with Crippen LogP contribution in [-0.4, -0.2) is 26.1 Å². The number of rotatable bonds is 3. The molecule has 6 heteroatoms. The van der Waals surface area contributed by atoms with E-state index >= 15 is 0 Å². The Morgan fingerprint density at radius 3 is 1.70 bits per heavy atom. The highest BCUT2D eigenvalue weighted by atomic mass is 32.1. The predicted octanol–water partition coefficient (Wildman–Crippen LogP) is 6.95. The van der Waals surface area contributed by atoms with E-state index in [0.717, 1.165) is 27.6 Å². The Hall–Kier alpha value is -1.87. The van der Waals surface area contributed by atoms with Gasteiger partial charge in [0.25, 0.3) is 0 Å². The van der Waals surface area contributed by atoms with Crippen LogP contribution < -0.4 is 9.00 Å². The molecule has 30 heavy (non-hydrogen) atoms. The van der Waals surface area contributed by atoms with Gasteiger partial charge in [-0.2, -0.15) is 0 Å². The maximum atomic E-state index is 5.16. The first-order valence-electron chi connectivity index (χ1n) is 10.3. The summed E-state index contributed by atoms with van der Waals surface area (Å²) in [5.41, 5.74) is 5.08. The van der Waals surface area contributed by atoms with E-state index in [9.17, 15) is 0 Å². The second kappa shape index (κ2) is 6.56. The third-order valence-corrected chi connectivity index (χ3v) is 15.2. The fourth-order valence-corrected chi connectivity index (χ4v) is 9.98. The van der Waals surface area contributed by atoms with Crippen molar-refractivity contribution in [1.82, 2.24) is 9.97 Å². The molecule has 0 radical (unpaired) electrons. The molecule has 0 N–H and O–H groups in total. The summed E-state index contributed by atoms with van der Waals surface area (Å²) in [6, 6.07) is 11.1. The molecule has 0 bridgehead atoms. The van der Waals surface area contributed by atoms with E-state index in [-0.39, 0.29) is 0 Å². The summed E-state index contributed by atoms with van der Waals surface area (Å²) >= 11 is 3.98. The van der Waals surface area contributed by atoms with Crippen LogP contribution >= 0.6 is 22.7 Å². The van der Waals surface area contributed by atoms with Gasteiger partial charge in [-0.15, -0.1) is 22.7 Å². The first-order chi connectivity index (χ1) is 14.1. The highest BCUT2D eigenvalue weighted by Gasteiger charge is 2.26. The maximum absolute atomic E-state index is 5.16. The van der Waals surface area contributed by atoms with Crippen molar-refractivity contribution in [3.63, 3.8) is 0 Å². The lowest BCUT2D eigenvalue weighted by atomic mass is 10.1. The molecule has 2 nitrogen and oxygen atoms in total. The van der Waals surface area contributed by atoms with Crippen LogP contribution in [0.1, 0.15) is 5.56 Å². The van der Waals surface area contributed by atoms with E-state index in [2.05, 4.69) is 76.2 Å². The van der Waals surface area contributed by atoms with Crippen molar-refractivity contribution in [3.8, 4) is 0 Å². The first-order valence-corrected chi connectivity index (χ1v) is 18.9. The minimum atomic E-state index is -1.42. The third-order valence-electron chi connectivity index (χ3n) is 5.58. The summed E-state index contributed by atoms with van der Waals surface area (Å²) in [7, 11) is -2.83. The van der Waals surface area contributed by atoms with Gasteiger partial charge in [0.1, 0.15) is 0 Å². The SMILES string of the molecule is C=Cc1ccc2nc3c4cc([Si](C)(C)C)sc4c4sc([Si](C)(C)C)cc4c3nc2c1. The number of hydrogen-bond acceptors (Lipinski definition) is 4. The molecule has 0 aliphatic heterocycles. The van der Waals surface area contributed by atoms with Crippen molar-refractivity contribution in [2.75, 3.05) is 0 Å². The highest BCUT2D eigenvalue weighted by molar-refractivity contribution is 7.37. The van der Waals surface area contributed by atoms with Gasteiger partial charge in [-0.25, -0.2) is 9.97 Å². The van der Waals surface area contributed by atoms with E-state index in [1.807, 2.05) is 28.7 Å². The van der Waals surface area contributed by atoms with Gasteiger partial charge in [0.05, 0.1) is 47.6 Å². The molecule has 0 amide bonds. The van der Waals surface area contributed by atoms with Crippen LogP contribution in [0.2, 0.25) is 39.3 Å². The van der Waals surface area contributed by atoms with Gasteiger partial charge in [0.2, 0.25) is 0 Å². The lowest BCUT2D eigenvalue weighted by molar-refractivity contribution is 1.42. The number of hydrogen-bond donors (Lipinski definition) is 0. The summed E-state index contributed by atoms with van der Waals surface area (Å²) < 4.78 is 5.88. The molecule has 0 saturated carbocycles. The second-order valence-electron chi connectivity index (χ2n) is 10.1. The van der Waals surface area contributed by atoms with E-state index < -0.39 is 16.1 Å². The quantitative estimate of drug-likeness (QED) is 0.214. The number of fused-ring (bicyclic) bond motifs is 7. The maximum Gasteiger partial charge on any atom is 0.0988 e. The molecule has 0 aliphatic carbocycles. The molecule has 0 fully saturated rings. The van der Waals surface area contributed by atoms with Crippen molar-refractivity contribution >= 4 is 96.1 Å². The first kappa shape index (κ1) is 20.1. The lowest BCUT2D eigenvalue weighted by Gasteiger charge is -2.12. The standard InChI is InChI=1S/C24H26N2S2Si2/c1-8-14-9-10-17-18(11-14)26-22-16-13-20(30(5,6)7)28-24(16)23-15(21(22)25-17)12-19(27-23)29(2,3)4/h8-13H,1H2,2-7H3. The molecule has 0 spiro atoms. The number of nitrogens with zero attached hydrogens (tertiary/aromatic N) is 2. The zero-order valence-corrected chi connectivity index (χ0v) is 22.0. The Kier molecular flexibility index (Phi) is 4.39. The molecule has 152 valence electrons. The van der Waals surface area contributed by atoms with Crippen molar-refractivity contribution in [2.24, 2.45) is 0 Å². The van der Waals surface area contributed by atoms with E-state index in [4.69, 9.17) is 9.97 Å². The molecule has 5 rings (SSSR count). The average Bonchev–Trinajstić information content (AvgIpc) is 3.30. The van der Waals surface area contributed by atoms with Crippen molar-refractivity contribution in [1.29, 1.82) is 0 Å². The smallest absolute Gasteiger partial charge is 0.0988 e. The Labute approximate surface area is 187 Å². The molecule has 0 aliphatic rings. The Morgan fingerprint density at radius 2 is 1.23 bits per heavy atom. The summed E-state index contributed by atoms with van der Waals surface area (Å²) in [4.78, 5) is 10.3. The molecular weight excluding hydrogens is 437 g/mol. The van der Waals surface area contributed by atoms with Gasteiger partial charge in [-0.3, -0.25) is 0 Å². The van der Waals surface area contributed by atoms with Gasteiger partial charge >= 0.3 is 0 Å². The van der Waals surface area contributed by atoms with Crippen LogP contribution in [-0.2, 0) is 0 Å². The van der Waals surface area contributed by atoms with Crippen LogP contribution in [0, 0.1) is 0 Å². The fraction of sp³-hybridized carbons (Fsp3) is 0.250. The molecule has 3 heterocycles. The van der Waals surface area contributed by atoms with Crippen LogP contribution in [0.25, 0.3) is 48.3 Å². The Morgan fingerprint density at radius 1 is 0.733 bits per heavy atom. The van der Waals surface area contributed by atoms with E-state index in [0.29, 0.717) is 0 Å². The average molecular weight is 463 g/mol. The third kappa shape index (κ3) is 3.09. The highest BCUT2D eigenvalue weighted by Crippen LogP contribution is 2.40. The van der Waals surface area contributed by atoms with Crippen LogP contribution in [0.15, 0.2) is 36.9 Å². The molecule has 2 aromatic carbocycles. The summed E-state index contributed by atoms with van der Waals surface area (Å²) in [5, 5.41) is 2.56. The molecular formula is C24H26N2S2Si2. The Bertz CT molecular complexity index is 1480. The topological polar surface area (TPSA) is 25.8 Å². The molecule has 0 saturated heterocycles. The number of thiophene rings is 2. The molecule has 3 aromatic heterocycles. The van der Waals surface area contributed by atoms with Crippen LogP contribution in [0.5, 0.6) is 0 Å². The van der Waals surface area contributed by atoms with Gasteiger partial charge < -0.3 is 0 Å². The van der Waals surface area contributed by atoms with Crippen molar-refractivity contribution < 1.29 is 0 Å². The van der Waals surface area contributed by atoms with Gasteiger partial charge in [0.15, 0.2) is 0 Å². The van der Waals surface area contributed by atoms with Crippen molar-refractivity contribution in [3.05, 3.63) is 42.5 Å². The lowest BCUT2D eigenvalue weighted by Crippen LogP contribution is -2.34. The fourth-order valence-electron chi connectivity index (χ4n) is 3.78. The van der Waals surface area contributed by atoms with E-state index in [1.54, 1.807) is 0 Å². The minimum Gasteiger partial charge on any atom is -0.244 e. The van der Waals surface area contributed by atoms with Crippen LogP contribution in [0.4, 0.5) is 0 Å². The largest absolute Gasteiger partial charge is 0.244 e. The van der Waals surface area contributed by atoms with Crippen LogP contribution in [0.3, 0.4) is 0 Å². The van der Waals surface area contributed by atoms with Gasteiger partial charge in [0, 0.05) is 10.8 Å². The summed E-state index contributed by atoms with van der Waals surface area (Å²) in [6.45, 7) is 18.5. The minimum absolute atomic E-state index is 0.946. The number of aromatic nitrogens is 2. The zero-order valence-electron chi connectivity index (χ0n) is 18.4. The number of benzene rings is 2. The second-order valence-corrected chi connectivity index (χ2v) is 23.0. The van der Waals surface area contributed by atoms with Gasteiger partial charge in [-0.05, 0) is 38.8 Å². The van der Waals surface area contributed by atoms with E-state index in [1.165, 1.54) is 29.2 Å². The Balaban J connectivity index is 2.00. The summed E-state index contributed by atoms with van der Waals surface area (Å²) in [5.74, 6) is 0. The molecule has 0 unspecified atom stereocenters. The molecule has 0 atom stereocenters. The van der Waals surface area contributed by atoms with Gasteiger partial charge in [-0.1, -0.05) is 58.0 Å². The zero-order chi connectivity index (χ0) is 21.4. The monoisotopic (exact) mass is 462 g/mol. The predicted molar refractivity (Wildman–Crippen MR) is 144 cm³/mol. The van der Waals surface area contributed by atoms with Crippen molar-refractivity contribution in [2.45, 2.75) is 39.3 Å². The summed E-state index contributed by atoms with van der Waals surface area (Å²) in [6.07, 6.45) is 1.87.